The monoisotopic (exact) mass is 513 g/mol. The number of carbonyl (C=O) groups excluding carboxylic acids is 1. The molecule has 13 heteroatoms. The summed E-state index contributed by atoms with van der Waals surface area (Å²) in [6.45, 7) is 4.97. The Balaban J connectivity index is 1.53. The Hall–Kier alpha value is -2.43. The van der Waals surface area contributed by atoms with Gasteiger partial charge in [-0.1, -0.05) is 18.2 Å². The number of halogens is 1. The molecule has 11 nitrogen and oxygen atoms in total. The number of aromatic amines is 1. The third kappa shape index (κ3) is 4.85. The largest absolute Gasteiger partial charge is 0.465 e. The van der Waals surface area contributed by atoms with E-state index in [2.05, 4.69) is 10.1 Å². The molecule has 2 aromatic rings. The molecule has 1 aromatic carbocycles. The van der Waals surface area contributed by atoms with E-state index in [1.807, 2.05) is 0 Å². The molecule has 2 fully saturated rings. The first-order valence-corrected chi connectivity index (χ1v) is 12.6. The Morgan fingerprint density at radius 1 is 1.32 bits per heavy atom. The molecule has 2 aliphatic rings. The molecule has 0 bridgehead atoms. The molecule has 0 amide bonds. The van der Waals surface area contributed by atoms with Gasteiger partial charge >= 0.3 is 19.4 Å². The van der Waals surface area contributed by atoms with Gasteiger partial charge in [0.15, 0.2) is 6.23 Å². The SMILES string of the molecule is CCOC(=O)[C@H](C)NP(=O)(Oc1ccccc1)OC1C2[C@@H]1O[C@@H](n1ccc(=O)[nH]c1=O)[C@]2(C)Cl. The number of nitrogens with zero attached hydrogens (tertiary/aromatic N) is 1. The quantitative estimate of drug-likeness (QED) is 0.293. The number of fused-ring (bicyclic) bond motifs is 1. The van der Waals surface area contributed by atoms with Crippen LogP contribution in [0.3, 0.4) is 0 Å². The van der Waals surface area contributed by atoms with Gasteiger partial charge in [0, 0.05) is 18.2 Å². The Labute approximate surface area is 199 Å². The van der Waals surface area contributed by atoms with Crippen molar-refractivity contribution in [2.75, 3.05) is 6.61 Å². The molecule has 4 rings (SSSR count). The highest BCUT2D eigenvalue weighted by molar-refractivity contribution is 7.52. The normalized spacial score (nSPS) is 30.1. The first-order chi connectivity index (χ1) is 16.1. The van der Waals surface area contributed by atoms with Crippen molar-refractivity contribution in [3.63, 3.8) is 0 Å². The van der Waals surface area contributed by atoms with Gasteiger partial charge in [-0.2, -0.15) is 5.09 Å². The van der Waals surface area contributed by atoms with Crippen molar-refractivity contribution in [1.82, 2.24) is 14.6 Å². The number of ether oxygens (including phenoxy) is 2. The van der Waals surface area contributed by atoms with Gasteiger partial charge in [0.05, 0.1) is 17.6 Å². The fourth-order valence-electron chi connectivity index (χ4n) is 4.00. The second-order valence-electron chi connectivity index (χ2n) is 8.22. The van der Waals surface area contributed by atoms with Crippen LogP contribution in [0.2, 0.25) is 0 Å². The number of rotatable bonds is 9. The molecule has 34 heavy (non-hydrogen) atoms. The van der Waals surface area contributed by atoms with E-state index in [-0.39, 0.29) is 12.4 Å². The molecule has 0 spiro atoms. The summed E-state index contributed by atoms with van der Waals surface area (Å²) in [7, 11) is -4.09. The van der Waals surface area contributed by atoms with Crippen LogP contribution >= 0.6 is 19.3 Å². The highest BCUT2D eigenvalue weighted by atomic mass is 35.5. The summed E-state index contributed by atoms with van der Waals surface area (Å²) in [5, 5.41) is 2.62. The molecular weight excluding hydrogens is 489 g/mol. The molecular formula is C21H25ClN3O8P. The fourth-order valence-corrected chi connectivity index (χ4v) is 6.11. The van der Waals surface area contributed by atoms with Gasteiger partial charge in [0.25, 0.3) is 5.56 Å². The van der Waals surface area contributed by atoms with Crippen molar-refractivity contribution in [1.29, 1.82) is 0 Å². The number of para-hydroxylation sites is 1. The average molecular weight is 514 g/mol. The smallest absolute Gasteiger partial charge is 0.459 e. The van der Waals surface area contributed by atoms with Crippen LogP contribution in [-0.4, -0.2) is 45.3 Å². The van der Waals surface area contributed by atoms with Crippen LogP contribution in [0.25, 0.3) is 0 Å². The minimum atomic E-state index is -4.09. The van der Waals surface area contributed by atoms with Crippen molar-refractivity contribution in [2.45, 2.75) is 50.1 Å². The maximum atomic E-state index is 13.7. The Morgan fingerprint density at radius 3 is 2.62 bits per heavy atom. The number of nitrogens with one attached hydrogen (secondary N) is 2. The molecule has 1 aliphatic heterocycles. The molecule has 184 valence electrons. The molecule has 1 aliphatic carbocycles. The second-order valence-corrected chi connectivity index (χ2v) is 10.7. The summed E-state index contributed by atoms with van der Waals surface area (Å²) < 4.78 is 37.3. The van der Waals surface area contributed by atoms with Crippen molar-refractivity contribution in [3.8, 4) is 5.75 Å². The highest BCUT2D eigenvalue weighted by Gasteiger charge is 2.72. The summed E-state index contributed by atoms with van der Waals surface area (Å²) in [6, 6.07) is 8.58. The molecule has 0 radical (unpaired) electrons. The molecule has 1 saturated heterocycles. The number of carbonyl (C=O) groups is 1. The maximum Gasteiger partial charge on any atom is 0.459 e. The molecule has 2 N–H and O–H groups in total. The van der Waals surface area contributed by atoms with Crippen LogP contribution < -0.4 is 20.9 Å². The summed E-state index contributed by atoms with van der Waals surface area (Å²) in [6.07, 6.45) is -0.888. The van der Waals surface area contributed by atoms with Crippen LogP contribution in [0.1, 0.15) is 27.0 Å². The zero-order chi connectivity index (χ0) is 24.7. The van der Waals surface area contributed by atoms with Gasteiger partial charge in [0.2, 0.25) is 0 Å². The lowest BCUT2D eigenvalue weighted by molar-refractivity contribution is -0.144. The number of hydrogen-bond donors (Lipinski definition) is 2. The number of esters is 1. The highest BCUT2D eigenvalue weighted by Crippen LogP contribution is 2.64. The molecule has 3 unspecified atom stereocenters. The van der Waals surface area contributed by atoms with E-state index in [1.165, 1.54) is 23.8 Å². The second kappa shape index (κ2) is 9.31. The third-order valence-electron chi connectivity index (χ3n) is 5.64. The topological polar surface area (TPSA) is 138 Å². The number of H-pyrrole nitrogens is 1. The van der Waals surface area contributed by atoms with E-state index in [9.17, 15) is 18.9 Å². The van der Waals surface area contributed by atoms with E-state index in [0.29, 0.717) is 0 Å². The molecule has 1 aromatic heterocycles. The third-order valence-corrected chi connectivity index (χ3v) is 7.75. The first kappa shape index (κ1) is 24.7. The summed E-state index contributed by atoms with van der Waals surface area (Å²) in [5.41, 5.74) is -1.20. The van der Waals surface area contributed by atoms with Crippen molar-refractivity contribution < 1.29 is 27.9 Å². The zero-order valence-electron chi connectivity index (χ0n) is 18.7. The lowest BCUT2D eigenvalue weighted by Gasteiger charge is -2.30. The van der Waals surface area contributed by atoms with Gasteiger partial charge in [-0.3, -0.25) is 23.7 Å². The van der Waals surface area contributed by atoms with Crippen LogP contribution in [-0.2, 0) is 23.4 Å². The standard InChI is InChI=1S/C21H25ClN3O8P/c1-4-30-18(27)12(2)24-34(29,32-13-8-6-5-7-9-13)33-17-15-16(17)31-19(21(15,3)22)25-11-10-14(26)23-20(25)28/h5-12,15-17,19H,4H2,1-3H3,(H,24,29)(H,23,26,28)/t12-,15?,16-,17?,19+,21+,34?/m0/s1. The minimum absolute atomic E-state index is 0.159. The van der Waals surface area contributed by atoms with Gasteiger partial charge in [-0.05, 0) is 32.9 Å². The molecule has 2 heterocycles. The van der Waals surface area contributed by atoms with Crippen molar-refractivity contribution in [3.05, 3.63) is 63.4 Å². The van der Waals surface area contributed by atoms with Crippen LogP contribution in [0.5, 0.6) is 5.75 Å². The summed E-state index contributed by atoms with van der Waals surface area (Å²) in [4.78, 5) is 36.7. The maximum absolute atomic E-state index is 13.7. The van der Waals surface area contributed by atoms with Crippen LogP contribution in [0, 0.1) is 5.92 Å². The predicted octanol–water partition coefficient (Wildman–Crippen LogP) is 2.17. The number of benzene rings is 1. The number of hydrogen-bond acceptors (Lipinski definition) is 8. The lowest BCUT2D eigenvalue weighted by Crippen LogP contribution is -2.41. The predicted molar refractivity (Wildman–Crippen MR) is 122 cm³/mol. The summed E-state index contributed by atoms with van der Waals surface area (Å²) >= 11 is 6.77. The van der Waals surface area contributed by atoms with Gasteiger partial charge in [0.1, 0.15) is 17.9 Å². The minimum Gasteiger partial charge on any atom is -0.465 e. The summed E-state index contributed by atoms with van der Waals surface area (Å²) in [5.74, 6) is -0.785. The lowest BCUT2D eigenvalue weighted by atomic mass is 10.0. The van der Waals surface area contributed by atoms with Gasteiger partial charge in [-0.25, -0.2) is 9.36 Å². The van der Waals surface area contributed by atoms with E-state index in [1.54, 1.807) is 44.2 Å². The molecule has 1 saturated carbocycles. The molecule has 7 atom stereocenters. The van der Waals surface area contributed by atoms with Crippen molar-refractivity contribution >= 4 is 25.3 Å². The van der Waals surface area contributed by atoms with E-state index in [4.69, 9.17) is 30.1 Å². The van der Waals surface area contributed by atoms with E-state index >= 15 is 0 Å². The Bertz CT molecular complexity index is 1220. The van der Waals surface area contributed by atoms with E-state index in [0.717, 1.165) is 0 Å². The van der Waals surface area contributed by atoms with Crippen LogP contribution in [0.4, 0.5) is 0 Å². The average Bonchev–Trinajstić information content (AvgIpc) is 3.36. The zero-order valence-corrected chi connectivity index (χ0v) is 20.3. The van der Waals surface area contributed by atoms with Gasteiger partial charge < -0.3 is 14.0 Å². The number of aromatic nitrogens is 2. The fraction of sp³-hybridized carbons (Fsp3) is 0.476. The van der Waals surface area contributed by atoms with E-state index < -0.39 is 60.2 Å². The number of alkyl halides is 1. The van der Waals surface area contributed by atoms with Crippen molar-refractivity contribution in [2.24, 2.45) is 5.92 Å². The van der Waals surface area contributed by atoms with Gasteiger partial charge in [-0.15, -0.1) is 11.6 Å². The van der Waals surface area contributed by atoms with Crippen LogP contribution in [0.15, 0.2) is 52.2 Å². The first-order valence-electron chi connectivity index (χ1n) is 10.7. The Kier molecular flexibility index (Phi) is 6.76. The Morgan fingerprint density at radius 2 is 2.03 bits per heavy atom.